The van der Waals surface area contributed by atoms with Crippen LogP contribution in [0, 0.1) is 0 Å². The summed E-state index contributed by atoms with van der Waals surface area (Å²) in [6, 6.07) is 17.5. The molecule has 1 unspecified atom stereocenters. The number of hydrogen-bond donors (Lipinski definition) is 0. The van der Waals surface area contributed by atoms with Gasteiger partial charge in [0.15, 0.2) is 11.9 Å². The predicted molar refractivity (Wildman–Crippen MR) is 80.5 cm³/mol. The fourth-order valence-electron chi connectivity index (χ4n) is 2.43. The Hall–Kier alpha value is -2.29. The minimum Gasteiger partial charge on any atom is -0.489 e. The summed E-state index contributed by atoms with van der Waals surface area (Å²) in [5.41, 5.74) is 1.13. The van der Waals surface area contributed by atoms with Crippen LogP contribution in [0.4, 0.5) is 0 Å². The predicted octanol–water partition coefficient (Wildman–Crippen LogP) is 3.77. The van der Waals surface area contributed by atoms with E-state index in [-0.39, 0.29) is 11.9 Å². The molecule has 1 atom stereocenters. The molecule has 0 aromatic heterocycles. The van der Waals surface area contributed by atoms with Crippen LogP contribution >= 0.6 is 0 Å². The molecule has 0 radical (unpaired) electrons. The van der Waals surface area contributed by atoms with Crippen molar-refractivity contribution in [1.82, 2.24) is 0 Å². The molecule has 0 spiro atoms. The van der Waals surface area contributed by atoms with E-state index < -0.39 is 0 Å². The lowest BCUT2D eigenvalue weighted by Gasteiger charge is -2.12. The summed E-state index contributed by atoms with van der Waals surface area (Å²) in [6.45, 7) is 0.544. The highest BCUT2D eigenvalue weighted by Gasteiger charge is 2.25. The lowest BCUT2D eigenvalue weighted by atomic mass is 10.2. The summed E-state index contributed by atoms with van der Waals surface area (Å²) in [7, 11) is 0. The van der Waals surface area contributed by atoms with Crippen LogP contribution in [-0.4, -0.2) is 11.9 Å². The fourth-order valence-corrected chi connectivity index (χ4v) is 2.43. The number of carbonyl (C=O) groups is 1. The van der Waals surface area contributed by atoms with Gasteiger partial charge in [-0.25, -0.2) is 0 Å². The van der Waals surface area contributed by atoms with E-state index in [0.717, 1.165) is 29.9 Å². The van der Waals surface area contributed by atoms with E-state index in [1.54, 1.807) is 0 Å². The van der Waals surface area contributed by atoms with E-state index in [1.807, 2.05) is 54.6 Å². The molecule has 3 heteroatoms. The number of benzene rings is 2. The maximum atomic E-state index is 11.6. The topological polar surface area (TPSA) is 35.5 Å². The summed E-state index contributed by atoms with van der Waals surface area (Å²) in [6.07, 6.45) is 2.14. The zero-order valence-electron chi connectivity index (χ0n) is 11.8. The van der Waals surface area contributed by atoms with Crippen LogP contribution in [0.5, 0.6) is 11.5 Å². The van der Waals surface area contributed by atoms with Gasteiger partial charge in [0.05, 0.1) is 0 Å². The van der Waals surface area contributed by atoms with Crippen LogP contribution in [-0.2, 0) is 11.4 Å². The number of hydrogen-bond acceptors (Lipinski definition) is 3. The summed E-state index contributed by atoms with van der Waals surface area (Å²) >= 11 is 0. The van der Waals surface area contributed by atoms with Crippen molar-refractivity contribution >= 4 is 5.78 Å². The normalized spacial score (nSPS) is 17.7. The van der Waals surface area contributed by atoms with Crippen molar-refractivity contribution in [2.45, 2.75) is 32.0 Å². The van der Waals surface area contributed by atoms with Crippen molar-refractivity contribution in [2.24, 2.45) is 0 Å². The van der Waals surface area contributed by atoms with Crippen molar-refractivity contribution in [3.63, 3.8) is 0 Å². The first-order valence-electron chi connectivity index (χ1n) is 7.27. The Morgan fingerprint density at radius 3 is 2.33 bits per heavy atom. The zero-order valence-corrected chi connectivity index (χ0v) is 11.8. The van der Waals surface area contributed by atoms with E-state index in [4.69, 9.17) is 9.47 Å². The van der Waals surface area contributed by atoms with Crippen molar-refractivity contribution in [3.05, 3.63) is 60.2 Å². The van der Waals surface area contributed by atoms with Gasteiger partial charge in [-0.05, 0) is 42.7 Å². The largest absolute Gasteiger partial charge is 0.489 e. The molecule has 0 bridgehead atoms. The molecule has 2 aromatic rings. The highest BCUT2D eigenvalue weighted by atomic mass is 16.5. The summed E-state index contributed by atoms with van der Waals surface area (Å²) in [4.78, 5) is 11.6. The average molecular weight is 282 g/mol. The third-order valence-corrected chi connectivity index (χ3v) is 3.60. The Morgan fingerprint density at radius 2 is 1.67 bits per heavy atom. The summed E-state index contributed by atoms with van der Waals surface area (Å²) in [5, 5.41) is 0. The zero-order chi connectivity index (χ0) is 14.5. The van der Waals surface area contributed by atoms with E-state index in [9.17, 15) is 4.79 Å². The summed E-state index contributed by atoms with van der Waals surface area (Å²) < 4.78 is 11.4. The number of ketones is 1. The molecule has 0 aliphatic heterocycles. The molecule has 21 heavy (non-hydrogen) atoms. The molecule has 2 aromatic carbocycles. The minimum atomic E-state index is -0.263. The fraction of sp³-hybridized carbons (Fsp3) is 0.278. The van der Waals surface area contributed by atoms with Gasteiger partial charge in [0.2, 0.25) is 0 Å². The second-order valence-electron chi connectivity index (χ2n) is 5.21. The standard InChI is InChI=1S/C18H18O3/c19-17-7-4-8-18(17)21-16-11-9-15(10-12-16)20-13-14-5-2-1-3-6-14/h1-3,5-6,9-12,18H,4,7-8,13H2. The molecule has 3 nitrogen and oxygen atoms in total. The van der Waals surface area contributed by atoms with E-state index in [2.05, 4.69) is 0 Å². The smallest absolute Gasteiger partial charge is 0.173 e. The van der Waals surface area contributed by atoms with Gasteiger partial charge >= 0.3 is 0 Å². The van der Waals surface area contributed by atoms with Crippen LogP contribution < -0.4 is 9.47 Å². The number of carbonyl (C=O) groups excluding carboxylic acids is 1. The maximum Gasteiger partial charge on any atom is 0.173 e. The van der Waals surface area contributed by atoms with Crippen LogP contribution in [0.2, 0.25) is 0 Å². The molecule has 0 saturated heterocycles. The van der Waals surface area contributed by atoms with Gasteiger partial charge in [-0.1, -0.05) is 30.3 Å². The van der Waals surface area contributed by atoms with Crippen LogP contribution in [0.1, 0.15) is 24.8 Å². The Morgan fingerprint density at radius 1 is 0.952 bits per heavy atom. The Labute approximate surface area is 124 Å². The average Bonchev–Trinajstić information content (AvgIpc) is 2.93. The SMILES string of the molecule is O=C1CCCC1Oc1ccc(OCc2ccccc2)cc1. The van der Waals surface area contributed by atoms with Crippen molar-refractivity contribution < 1.29 is 14.3 Å². The molecule has 1 saturated carbocycles. The Bertz CT molecular complexity index is 590. The van der Waals surface area contributed by atoms with Gasteiger partial charge in [-0.2, -0.15) is 0 Å². The number of Topliss-reactive ketones (excluding diaryl/α,β-unsaturated/α-hetero) is 1. The number of rotatable bonds is 5. The first-order chi connectivity index (χ1) is 10.3. The second-order valence-corrected chi connectivity index (χ2v) is 5.21. The lowest BCUT2D eigenvalue weighted by Crippen LogP contribution is -2.20. The van der Waals surface area contributed by atoms with Gasteiger partial charge in [-0.3, -0.25) is 4.79 Å². The molecule has 108 valence electrons. The van der Waals surface area contributed by atoms with E-state index in [0.29, 0.717) is 13.0 Å². The third kappa shape index (κ3) is 3.63. The van der Waals surface area contributed by atoms with Crippen molar-refractivity contribution in [1.29, 1.82) is 0 Å². The quantitative estimate of drug-likeness (QED) is 0.837. The molecule has 1 aliphatic carbocycles. The van der Waals surface area contributed by atoms with Gasteiger partial charge < -0.3 is 9.47 Å². The minimum absolute atomic E-state index is 0.208. The maximum absolute atomic E-state index is 11.6. The molecule has 0 heterocycles. The molecular formula is C18H18O3. The van der Waals surface area contributed by atoms with Crippen LogP contribution in [0.15, 0.2) is 54.6 Å². The molecule has 3 rings (SSSR count). The summed E-state index contributed by atoms with van der Waals surface area (Å²) in [5.74, 6) is 1.73. The Balaban J connectivity index is 1.55. The van der Waals surface area contributed by atoms with E-state index in [1.165, 1.54) is 0 Å². The van der Waals surface area contributed by atoms with Gasteiger partial charge in [0.25, 0.3) is 0 Å². The highest BCUT2D eigenvalue weighted by Crippen LogP contribution is 2.24. The molecule has 0 N–H and O–H groups in total. The second kappa shape index (κ2) is 6.44. The van der Waals surface area contributed by atoms with Crippen LogP contribution in [0.3, 0.4) is 0 Å². The number of ether oxygens (including phenoxy) is 2. The molecular weight excluding hydrogens is 264 g/mol. The molecule has 0 amide bonds. The monoisotopic (exact) mass is 282 g/mol. The lowest BCUT2D eigenvalue weighted by molar-refractivity contribution is -0.123. The Kier molecular flexibility index (Phi) is 4.20. The first kappa shape index (κ1) is 13.7. The van der Waals surface area contributed by atoms with Crippen molar-refractivity contribution in [2.75, 3.05) is 0 Å². The van der Waals surface area contributed by atoms with Gasteiger partial charge in [0, 0.05) is 6.42 Å². The van der Waals surface area contributed by atoms with E-state index >= 15 is 0 Å². The van der Waals surface area contributed by atoms with Gasteiger partial charge in [0.1, 0.15) is 18.1 Å². The first-order valence-corrected chi connectivity index (χ1v) is 7.27. The third-order valence-electron chi connectivity index (χ3n) is 3.60. The molecule has 1 aliphatic rings. The van der Waals surface area contributed by atoms with Crippen molar-refractivity contribution in [3.8, 4) is 11.5 Å². The van der Waals surface area contributed by atoms with Crippen LogP contribution in [0.25, 0.3) is 0 Å². The molecule has 1 fully saturated rings. The van der Waals surface area contributed by atoms with Gasteiger partial charge in [-0.15, -0.1) is 0 Å². The highest BCUT2D eigenvalue weighted by molar-refractivity contribution is 5.85.